The fourth-order valence-corrected chi connectivity index (χ4v) is 4.70. The van der Waals surface area contributed by atoms with Crippen molar-refractivity contribution in [2.75, 3.05) is 12.0 Å². The van der Waals surface area contributed by atoms with Crippen LogP contribution in [0.3, 0.4) is 0 Å². The molecule has 1 rings (SSSR count). The first kappa shape index (κ1) is 32.9. The summed E-state index contributed by atoms with van der Waals surface area (Å²) in [7, 11) is 0. The Morgan fingerprint density at radius 2 is 1.35 bits per heavy atom. The van der Waals surface area contributed by atoms with Gasteiger partial charge in [0.2, 0.25) is 5.91 Å². The van der Waals surface area contributed by atoms with Crippen LogP contribution in [0, 0.1) is 5.92 Å². The third kappa shape index (κ3) is 16.3. The van der Waals surface area contributed by atoms with E-state index in [1.54, 1.807) is 0 Å². The van der Waals surface area contributed by atoms with Gasteiger partial charge < -0.3 is 0 Å². The lowest BCUT2D eigenvalue weighted by Gasteiger charge is -2.23. The van der Waals surface area contributed by atoms with Crippen LogP contribution in [0.5, 0.6) is 0 Å². The van der Waals surface area contributed by atoms with Crippen LogP contribution in [0.15, 0.2) is 29.4 Å². The van der Waals surface area contributed by atoms with E-state index in [4.69, 9.17) is 0 Å². The third-order valence-electron chi connectivity index (χ3n) is 7.27. The number of nitrogens with one attached hydrogen (secondary N) is 1. The Morgan fingerprint density at radius 3 is 1.86 bits per heavy atom. The number of nitrogens with zero attached hydrogens (tertiary/aromatic N) is 2. The van der Waals surface area contributed by atoms with Crippen LogP contribution in [-0.2, 0) is 16.0 Å². The molecule has 0 aliphatic rings. The van der Waals surface area contributed by atoms with Gasteiger partial charge >= 0.3 is 0 Å². The lowest BCUT2D eigenvalue weighted by molar-refractivity contribution is -0.139. The van der Waals surface area contributed by atoms with E-state index in [1.807, 2.05) is 12.1 Å². The number of hydrazone groups is 1. The Bertz CT molecular complexity index is 745. The number of carbonyl (C=O) groups excluding carboxylic acids is 2. The van der Waals surface area contributed by atoms with Crippen molar-refractivity contribution in [3.05, 3.63) is 29.8 Å². The Hall–Kier alpha value is -2.17. The van der Waals surface area contributed by atoms with Crippen molar-refractivity contribution in [2.24, 2.45) is 11.0 Å². The van der Waals surface area contributed by atoms with Gasteiger partial charge in [-0.05, 0) is 42.9 Å². The summed E-state index contributed by atoms with van der Waals surface area (Å²) in [5, 5.41) is 4.09. The molecule has 0 aromatic heterocycles. The summed E-state index contributed by atoms with van der Waals surface area (Å²) in [5.41, 5.74) is 5.09. The molecule has 210 valence electrons. The zero-order chi connectivity index (χ0) is 27.1. The average Bonchev–Trinajstić information content (AvgIpc) is 2.90. The normalized spacial score (nSPS) is 12.1. The van der Waals surface area contributed by atoms with E-state index < -0.39 is 0 Å². The smallest absolute Gasteiger partial charge is 0.273 e. The van der Waals surface area contributed by atoms with E-state index in [-0.39, 0.29) is 11.8 Å². The summed E-state index contributed by atoms with van der Waals surface area (Å²) in [6, 6.07) is 8.25. The first-order valence-electron chi connectivity index (χ1n) is 15.2. The van der Waals surface area contributed by atoms with Gasteiger partial charge in [-0.3, -0.25) is 19.9 Å². The standard InChI is InChI=1S/C32H55N3O2/c1-5-8-10-11-12-13-14-15-16-17-18-19-21-30-22-24-31(25-23-30)34-33-26-32(37)35(28(4)36)27-29(7-3)20-9-6-2/h22-26,29,34H,5-21,27H2,1-4H3. The summed E-state index contributed by atoms with van der Waals surface area (Å²) >= 11 is 0. The number of hydrogen-bond donors (Lipinski definition) is 1. The van der Waals surface area contributed by atoms with Gasteiger partial charge in [-0.25, -0.2) is 0 Å². The highest BCUT2D eigenvalue weighted by Crippen LogP contribution is 2.16. The van der Waals surface area contributed by atoms with Gasteiger partial charge in [0, 0.05) is 13.5 Å². The SMILES string of the molecule is CCCCCCCCCCCCCCc1ccc(NN=CC(=O)N(CC(CC)CCCC)C(C)=O)cc1. The van der Waals surface area contributed by atoms with Crippen LogP contribution in [0.1, 0.15) is 136 Å². The molecule has 0 saturated carbocycles. The predicted molar refractivity (Wildman–Crippen MR) is 159 cm³/mol. The van der Waals surface area contributed by atoms with Crippen molar-refractivity contribution < 1.29 is 9.59 Å². The second-order valence-electron chi connectivity index (χ2n) is 10.6. The first-order valence-corrected chi connectivity index (χ1v) is 15.2. The number of rotatable bonds is 22. The molecule has 0 saturated heterocycles. The summed E-state index contributed by atoms with van der Waals surface area (Å²) in [6.07, 6.45) is 23.0. The molecule has 1 unspecified atom stereocenters. The summed E-state index contributed by atoms with van der Waals surface area (Å²) in [4.78, 5) is 25.9. The van der Waals surface area contributed by atoms with Gasteiger partial charge in [-0.2, -0.15) is 5.10 Å². The molecule has 0 radical (unpaired) electrons. The second-order valence-corrected chi connectivity index (χ2v) is 10.6. The average molecular weight is 514 g/mol. The van der Waals surface area contributed by atoms with Crippen molar-refractivity contribution >= 4 is 23.7 Å². The summed E-state index contributed by atoms with van der Waals surface area (Å²) in [6.45, 7) is 8.45. The molecule has 2 amide bonds. The number of carbonyl (C=O) groups is 2. The van der Waals surface area contributed by atoms with Crippen molar-refractivity contribution in [1.82, 2.24) is 4.90 Å². The van der Waals surface area contributed by atoms with Crippen LogP contribution < -0.4 is 5.43 Å². The van der Waals surface area contributed by atoms with Crippen molar-refractivity contribution in [2.45, 2.75) is 137 Å². The van der Waals surface area contributed by atoms with E-state index >= 15 is 0 Å². The zero-order valence-electron chi connectivity index (χ0n) is 24.4. The lowest BCUT2D eigenvalue weighted by Crippen LogP contribution is -2.39. The molecule has 5 heteroatoms. The highest BCUT2D eigenvalue weighted by atomic mass is 16.2. The van der Waals surface area contributed by atoms with Crippen molar-refractivity contribution in [3.63, 3.8) is 0 Å². The van der Waals surface area contributed by atoms with E-state index in [2.05, 4.69) is 43.4 Å². The summed E-state index contributed by atoms with van der Waals surface area (Å²) in [5.74, 6) is -0.251. The largest absolute Gasteiger partial charge is 0.278 e. The minimum atomic E-state index is -0.362. The molecule has 1 aromatic carbocycles. The van der Waals surface area contributed by atoms with Gasteiger partial charge in [-0.15, -0.1) is 0 Å². The molecular formula is C32H55N3O2. The molecule has 0 heterocycles. The van der Waals surface area contributed by atoms with Crippen LogP contribution in [0.2, 0.25) is 0 Å². The maximum atomic E-state index is 12.6. The van der Waals surface area contributed by atoms with E-state index in [9.17, 15) is 9.59 Å². The number of aryl methyl sites for hydroxylation is 1. The molecular weight excluding hydrogens is 458 g/mol. The van der Waals surface area contributed by atoms with E-state index in [0.717, 1.165) is 37.8 Å². The number of amides is 2. The van der Waals surface area contributed by atoms with E-state index in [1.165, 1.54) is 101 Å². The van der Waals surface area contributed by atoms with Crippen LogP contribution >= 0.6 is 0 Å². The Kier molecular flexibility index (Phi) is 19.4. The minimum absolute atomic E-state index is 0.228. The van der Waals surface area contributed by atoms with Gasteiger partial charge in [0.25, 0.3) is 5.91 Å². The maximum absolute atomic E-state index is 12.6. The monoisotopic (exact) mass is 513 g/mol. The van der Waals surface area contributed by atoms with Gasteiger partial charge in [0.1, 0.15) is 6.21 Å². The molecule has 0 bridgehead atoms. The molecule has 0 aliphatic carbocycles. The van der Waals surface area contributed by atoms with Crippen LogP contribution in [-0.4, -0.2) is 29.5 Å². The fraction of sp³-hybridized carbons (Fsp3) is 0.719. The number of anilines is 1. The third-order valence-corrected chi connectivity index (χ3v) is 7.27. The minimum Gasteiger partial charge on any atom is -0.278 e. The quantitative estimate of drug-likeness (QED) is 0.0956. The maximum Gasteiger partial charge on any atom is 0.273 e. The van der Waals surface area contributed by atoms with Crippen molar-refractivity contribution in [3.8, 4) is 0 Å². The topological polar surface area (TPSA) is 61.8 Å². The van der Waals surface area contributed by atoms with E-state index in [0.29, 0.717) is 12.5 Å². The molecule has 1 atom stereocenters. The second kappa shape index (κ2) is 21.9. The lowest BCUT2D eigenvalue weighted by atomic mass is 9.98. The van der Waals surface area contributed by atoms with Gasteiger partial charge in [-0.1, -0.05) is 123 Å². The molecule has 0 spiro atoms. The van der Waals surface area contributed by atoms with Crippen LogP contribution in [0.4, 0.5) is 5.69 Å². The molecule has 0 fully saturated rings. The summed E-state index contributed by atoms with van der Waals surface area (Å²) < 4.78 is 0. The molecule has 1 N–H and O–H groups in total. The fourth-order valence-electron chi connectivity index (χ4n) is 4.70. The highest BCUT2D eigenvalue weighted by molar-refractivity contribution is 6.29. The Balaban J connectivity index is 2.26. The molecule has 1 aromatic rings. The number of hydrogen-bond acceptors (Lipinski definition) is 4. The van der Waals surface area contributed by atoms with Crippen molar-refractivity contribution in [1.29, 1.82) is 0 Å². The van der Waals surface area contributed by atoms with Gasteiger partial charge in [0.15, 0.2) is 0 Å². The zero-order valence-corrected chi connectivity index (χ0v) is 24.4. The Labute approximate surface area is 227 Å². The predicted octanol–water partition coefficient (Wildman–Crippen LogP) is 8.92. The van der Waals surface area contributed by atoms with Gasteiger partial charge in [0.05, 0.1) is 5.69 Å². The molecule has 5 nitrogen and oxygen atoms in total. The van der Waals surface area contributed by atoms with Crippen LogP contribution in [0.25, 0.3) is 0 Å². The molecule has 0 aliphatic heterocycles. The molecule has 37 heavy (non-hydrogen) atoms. The Morgan fingerprint density at radius 1 is 0.811 bits per heavy atom. The number of unbranched alkanes of at least 4 members (excludes halogenated alkanes) is 12. The number of imide groups is 1. The highest BCUT2D eigenvalue weighted by Gasteiger charge is 2.20. The first-order chi connectivity index (χ1) is 18.0. The number of benzene rings is 1.